The van der Waals surface area contributed by atoms with Crippen LogP contribution in [0.5, 0.6) is 5.75 Å². The molecule has 0 fully saturated rings. The topological polar surface area (TPSA) is 105 Å². The molecule has 236 valence electrons. The lowest BCUT2D eigenvalue weighted by molar-refractivity contribution is -0.142. The molecule has 0 aromatic heterocycles. The van der Waals surface area contributed by atoms with Crippen molar-refractivity contribution in [3.63, 3.8) is 0 Å². The van der Waals surface area contributed by atoms with Gasteiger partial charge in [-0.2, -0.15) is 0 Å². The minimum Gasteiger partial charge on any atom is -0.484 e. The molecule has 0 saturated heterocycles. The molecule has 10 heteroatoms. The highest BCUT2D eigenvalue weighted by atomic mass is 32.2. The van der Waals surface area contributed by atoms with E-state index in [0.717, 1.165) is 42.5 Å². The van der Waals surface area contributed by atoms with Crippen LogP contribution in [0.4, 0.5) is 10.1 Å². The van der Waals surface area contributed by atoms with Gasteiger partial charge in [0.05, 0.1) is 4.90 Å². The highest BCUT2D eigenvalue weighted by Crippen LogP contribution is 2.21. The molecule has 4 rings (SSSR count). The van der Waals surface area contributed by atoms with E-state index in [2.05, 4.69) is 17.0 Å². The molecule has 1 unspecified atom stereocenters. The van der Waals surface area contributed by atoms with Crippen molar-refractivity contribution in [2.24, 2.45) is 0 Å². The molecular formula is C35H38FN3O5S. The number of ether oxygens (including phenoxy) is 1. The average molecular weight is 632 g/mol. The Hall–Kier alpha value is -4.70. The number of nitrogens with one attached hydrogen (secondary N) is 2. The summed E-state index contributed by atoms with van der Waals surface area (Å²) < 4.78 is 47.0. The van der Waals surface area contributed by atoms with E-state index in [-0.39, 0.29) is 35.4 Å². The lowest BCUT2D eigenvalue weighted by Crippen LogP contribution is -2.51. The van der Waals surface area contributed by atoms with E-state index in [1.807, 2.05) is 60.7 Å². The maximum atomic E-state index is 13.8. The van der Waals surface area contributed by atoms with Crippen LogP contribution >= 0.6 is 0 Å². The van der Waals surface area contributed by atoms with Gasteiger partial charge in [0.1, 0.15) is 17.6 Å². The van der Waals surface area contributed by atoms with Gasteiger partial charge in [0.15, 0.2) is 6.61 Å². The standard InChI is InChI=1S/C35H38FN3O5S/c1-2-3-10-23-37-35(41)33(24-27-11-6-4-7-12-27)39(25-28-13-8-5-9-14-28)34(40)26-44-31-19-21-32(22-20-31)45(42,43)38-30-17-15-29(36)16-18-30/h4-9,11-22,33,38H,2-3,10,23-26H2,1H3,(H,37,41). The molecule has 0 aliphatic heterocycles. The summed E-state index contributed by atoms with van der Waals surface area (Å²) in [5, 5.41) is 3.02. The lowest BCUT2D eigenvalue weighted by atomic mass is 10.0. The van der Waals surface area contributed by atoms with E-state index >= 15 is 0 Å². The fourth-order valence-corrected chi connectivity index (χ4v) is 5.77. The van der Waals surface area contributed by atoms with Gasteiger partial charge in [-0.15, -0.1) is 0 Å². The number of unbranched alkanes of at least 4 members (excludes halogenated alkanes) is 2. The van der Waals surface area contributed by atoms with Gasteiger partial charge in [-0.05, 0) is 66.1 Å². The molecule has 0 heterocycles. The van der Waals surface area contributed by atoms with Gasteiger partial charge in [0.25, 0.3) is 15.9 Å². The normalized spacial score (nSPS) is 11.8. The third-order valence-corrected chi connectivity index (χ3v) is 8.54. The van der Waals surface area contributed by atoms with Gasteiger partial charge in [0, 0.05) is 25.2 Å². The van der Waals surface area contributed by atoms with E-state index in [9.17, 15) is 22.4 Å². The zero-order chi connectivity index (χ0) is 32.1. The second-order valence-electron chi connectivity index (χ2n) is 10.6. The van der Waals surface area contributed by atoms with Crippen LogP contribution in [0.25, 0.3) is 0 Å². The van der Waals surface area contributed by atoms with Crippen molar-refractivity contribution in [2.45, 2.75) is 50.1 Å². The van der Waals surface area contributed by atoms with Crippen molar-refractivity contribution in [2.75, 3.05) is 17.9 Å². The molecule has 0 bridgehead atoms. The zero-order valence-corrected chi connectivity index (χ0v) is 26.0. The SMILES string of the molecule is CCCCCNC(=O)C(Cc1ccccc1)N(Cc1ccccc1)C(=O)COc1ccc(S(=O)(=O)Nc2ccc(F)cc2)cc1. The first-order chi connectivity index (χ1) is 21.7. The van der Waals surface area contributed by atoms with E-state index in [4.69, 9.17) is 4.74 Å². The first-order valence-corrected chi connectivity index (χ1v) is 16.4. The number of amides is 2. The highest BCUT2D eigenvalue weighted by Gasteiger charge is 2.30. The fraction of sp³-hybridized carbons (Fsp3) is 0.257. The number of hydrogen-bond donors (Lipinski definition) is 2. The van der Waals surface area contributed by atoms with Crippen molar-refractivity contribution < 1.29 is 27.1 Å². The van der Waals surface area contributed by atoms with Crippen LogP contribution in [0.3, 0.4) is 0 Å². The molecule has 4 aromatic rings. The van der Waals surface area contributed by atoms with Crippen LogP contribution in [-0.4, -0.2) is 44.3 Å². The summed E-state index contributed by atoms with van der Waals surface area (Å²) in [4.78, 5) is 28.9. The molecule has 0 saturated carbocycles. The fourth-order valence-electron chi connectivity index (χ4n) is 4.71. The number of carbonyl (C=O) groups is 2. The van der Waals surface area contributed by atoms with E-state index < -0.39 is 27.8 Å². The maximum absolute atomic E-state index is 13.8. The summed E-state index contributed by atoms with van der Waals surface area (Å²) in [6.45, 7) is 2.46. The van der Waals surface area contributed by atoms with Crippen LogP contribution in [0.2, 0.25) is 0 Å². The van der Waals surface area contributed by atoms with Gasteiger partial charge >= 0.3 is 0 Å². The predicted molar refractivity (Wildman–Crippen MR) is 173 cm³/mol. The molecule has 2 amide bonds. The highest BCUT2D eigenvalue weighted by molar-refractivity contribution is 7.92. The van der Waals surface area contributed by atoms with Gasteiger partial charge in [-0.1, -0.05) is 80.4 Å². The number of nitrogens with zero attached hydrogens (tertiary/aromatic N) is 1. The third kappa shape index (κ3) is 10.2. The Labute approximate surface area is 264 Å². The van der Waals surface area contributed by atoms with Crippen molar-refractivity contribution in [3.05, 3.63) is 126 Å². The Morgan fingerprint density at radius 2 is 1.44 bits per heavy atom. The summed E-state index contributed by atoms with van der Waals surface area (Å²) in [6, 6.07) is 28.8. The number of anilines is 1. The van der Waals surface area contributed by atoms with Gasteiger partial charge in [0.2, 0.25) is 5.91 Å². The summed E-state index contributed by atoms with van der Waals surface area (Å²) in [7, 11) is -3.93. The van der Waals surface area contributed by atoms with Crippen LogP contribution < -0.4 is 14.8 Å². The quantitative estimate of drug-likeness (QED) is 0.149. The number of carbonyl (C=O) groups excluding carboxylic acids is 2. The Bertz CT molecular complexity index is 1620. The molecule has 0 aliphatic carbocycles. The van der Waals surface area contributed by atoms with Crippen molar-refractivity contribution in [1.82, 2.24) is 10.2 Å². The second-order valence-corrected chi connectivity index (χ2v) is 12.3. The van der Waals surface area contributed by atoms with Gasteiger partial charge < -0.3 is 15.0 Å². The van der Waals surface area contributed by atoms with Gasteiger partial charge in [-0.3, -0.25) is 14.3 Å². The van der Waals surface area contributed by atoms with Crippen LogP contribution in [-0.2, 0) is 32.6 Å². The van der Waals surface area contributed by atoms with Gasteiger partial charge in [-0.25, -0.2) is 12.8 Å². The summed E-state index contributed by atoms with van der Waals surface area (Å²) in [6.07, 6.45) is 3.19. The molecule has 2 N–H and O–H groups in total. The molecule has 0 spiro atoms. The summed E-state index contributed by atoms with van der Waals surface area (Å²) >= 11 is 0. The number of sulfonamides is 1. The number of halogens is 1. The molecule has 4 aromatic carbocycles. The molecule has 0 radical (unpaired) electrons. The predicted octanol–water partition coefficient (Wildman–Crippen LogP) is 5.95. The minimum atomic E-state index is -3.93. The number of hydrogen-bond acceptors (Lipinski definition) is 5. The molecule has 8 nitrogen and oxygen atoms in total. The van der Waals surface area contributed by atoms with Crippen molar-refractivity contribution in [1.29, 1.82) is 0 Å². The zero-order valence-electron chi connectivity index (χ0n) is 25.2. The molecule has 1 atom stereocenters. The van der Waals surface area contributed by atoms with Crippen LogP contribution in [0.1, 0.15) is 37.3 Å². The van der Waals surface area contributed by atoms with Crippen LogP contribution in [0.15, 0.2) is 114 Å². The number of rotatable bonds is 16. The summed E-state index contributed by atoms with van der Waals surface area (Å²) in [5.74, 6) is -0.816. The van der Waals surface area contributed by atoms with Crippen LogP contribution in [0, 0.1) is 5.82 Å². The Balaban J connectivity index is 1.50. The Morgan fingerprint density at radius 3 is 2.07 bits per heavy atom. The summed E-state index contributed by atoms with van der Waals surface area (Å²) in [5.41, 5.74) is 2.01. The molecule has 45 heavy (non-hydrogen) atoms. The maximum Gasteiger partial charge on any atom is 0.261 e. The monoisotopic (exact) mass is 631 g/mol. The minimum absolute atomic E-state index is 0.0288. The van der Waals surface area contributed by atoms with Crippen molar-refractivity contribution >= 4 is 27.5 Å². The third-order valence-electron chi connectivity index (χ3n) is 7.14. The van der Waals surface area contributed by atoms with E-state index in [1.54, 1.807) is 4.90 Å². The Kier molecular flexibility index (Phi) is 12.1. The first-order valence-electron chi connectivity index (χ1n) is 14.9. The smallest absolute Gasteiger partial charge is 0.261 e. The first kappa shape index (κ1) is 33.2. The number of benzene rings is 4. The van der Waals surface area contributed by atoms with E-state index in [0.29, 0.717) is 13.0 Å². The largest absolute Gasteiger partial charge is 0.484 e. The van der Waals surface area contributed by atoms with Crippen molar-refractivity contribution in [3.8, 4) is 5.75 Å². The lowest BCUT2D eigenvalue weighted by Gasteiger charge is -2.31. The second kappa shape index (κ2) is 16.4. The molecule has 0 aliphatic rings. The van der Waals surface area contributed by atoms with E-state index in [1.165, 1.54) is 36.4 Å². The molecular weight excluding hydrogens is 593 g/mol. The average Bonchev–Trinajstić information content (AvgIpc) is 3.05. The Morgan fingerprint density at radius 1 is 0.822 bits per heavy atom.